The Kier molecular flexibility index (Phi) is 5.54. The topological polar surface area (TPSA) is 88.4 Å². The fourth-order valence-electron chi connectivity index (χ4n) is 4.63. The van der Waals surface area contributed by atoms with Gasteiger partial charge in [0.25, 0.3) is 0 Å². The van der Waals surface area contributed by atoms with Crippen LogP contribution in [0.15, 0.2) is 48.8 Å². The molecule has 0 saturated carbocycles. The number of fused-ring (bicyclic) bond motifs is 1. The Morgan fingerprint density at radius 1 is 1.27 bits per heavy atom. The van der Waals surface area contributed by atoms with E-state index in [0.717, 1.165) is 42.6 Å². The summed E-state index contributed by atoms with van der Waals surface area (Å²) in [5.41, 5.74) is 2.30. The van der Waals surface area contributed by atoms with Crippen molar-refractivity contribution < 1.29 is 19.0 Å². The Hall–Kier alpha value is -3.39. The van der Waals surface area contributed by atoms with Crippen molar-refractivity contribution in [2.24, 2.45) is 0 Å². The fraction of sp³-hybridized carbons (Fsp3) is 0.360. The minimum Gasteiger partial charge on any atom is -0.480 e. The molecule has 0 aliphatic carbocycles. The molecule has 3 N–H and O–H groups in total. The zero-order valence-electron chi connectivity index (χ0n) is 18.5. The minimum atomic E-state index is -1.05. The van der Waals surface area contributed by atoms with Gasteiger partial charge in [-0.05, 0) is 70.0 Å². The van der Waals surface area contributed by atoms with Crippen LogP contribution < -0.4 is 15.4 Å². The van der Waals surface area contributed by atoms with Gasteiger partial charge in [-0.3, -0.25) is 4.68 Å². The van der Waals surface area contributed by atoms with Crippen LogP contribution in [0.5, 0.6) is 11.5 Å². The summed E-state index contributed by atoms with van der Waals surface area (Å²) in [7, 11) is 0. The van der Waals surface area contributed by atoms with Gasteiger partial charge in [-0.2, -0.15) is 5.10 Å². The van der Waals surface area contributed by atoms with Gasteiger partial charge >= 0.3 is 5.97 Å². The van der Waals surface area contributed by atoms with E-state index in [1.807, 2.05) is 29.2 Å². The van der Waals surface area contributed by atoms with Crippen molar-refractivity contribution in [1.82, 2.24) is 15.1 Å². The van der Waals surface area contributed by atoms with Crippen LogP contribution in [-0.4, -0.2) is 39.5 Å². The van der Waals surface area contributed by atoms with Gasteiger partial charge in [0.1, 0.15) is 22.9 Å². The first kappa shape index (κ1) is 21.5. The summed E-state index contributed by atoms with van der Waals surface area (Å²) in [6.07, 6.45) is 6.84. The summed E-state index contributed by atoms with van der Waals surface area (Å²) in [4.78, 5) is 11.8. The molecule has 0 bridgehead atoms. The molecule has 0 unspecified atom stereocenters. The summed E-state index contributed by atoms with van der Waals surface area (Å²) in [6.45, 7) is 3.63. The molecule has 172 valence electrons. The standard InChI is InChI=1S/C25H27FN4O3/c1-25(24(31)32)10-7-21-22(29-25)6-5-20(23(21)33-19-4-2-3-17(26)13-19)16-14-28-30(15-16)18-8-11-27-12-9-18/h2-6,13-15,18,27,29H,7-12H2,1H3,(H,31,32)/t25-/m0/s1. The van der Waals surface area contributed by atoms with E-state index in [0.29, 0.717) is 36.1 Å². The lowest BCUT2D eigenvalue weighted by atomic mass is 9.86. The largest absolute Gasteiger partial charge is 0.480 e. The number of aromatic nitrogens is 2. The third-order valence-electron chi connectivity index (χ3n) is 6.63. The molecule has 1 aromatic heterocycles. The smallest absolute Gasteiger partial charge is 0.329 e. The Morgan fingerprint density at radius 2 is 2.09 bits per heavy atom. The highest BCUT2D eigenvalue weighted by molar-refractivity contribution is 5.86. The van der Waals surface area contributed by atoms with Crippen LogP contribution in [0.4, 0.5) is 10.1 Å². The van der Waals surface area contributed by atoms with E-state index in [-0.39, 0.29) is 5.82 Å². The number of nitrogens with one attached hydrogen (secondary N) is 2. The van der Waals surface area contributed by atoms with Crippen molar-refractivity contribution in [2.45, 2.75) is 44.2 Å². The maximum atomic E-state index is 13.9. The maximum Gasteiger partial charge on any atom is 0.329 e. The number of carboxylic acids is 1. The lowest BCUT2D eigenvalue weighted by Gasteiger charge is -2.34. The number of carboxylic acid groups (broad SMARTS) is 1. The van der Waals surface area contributed by atoms with Crippen molar-refractivity contribution in [3.63, 3.8) is 0 Å². The molecule has 3 aromatic rings. The zero-order valence-corrected chi connectivity index (χ0v) is 18.5. The third kappa shape index (κ3) is 4.18. The van der Waals surface area contributed by atoms with E-state index in [9.17, 15) is 14.3 Å². The number of aliphatic carboxylic acids is 1. The summed E-state index contributed by atoms with van der Waals surface area (Å²) in [5.74, 6) is -0.285. The molecule has 8 heteroatoms. The Bertz CT molecular complexity index is 1190. The minimum absolute atomic E-state index is 0.350. The van der Waals surface area contributed by atoms with E-state index in [2.05, 4.69) is 15.7 Å². The number of carbonyl (C=O) groups is 1. The first-order chi connectivity index (χ1) is 15.9. The molecule has 3 heterocycles. The van der Waals surface area contributed by atoms with Crippen LogP contribution >= 0.6 is 0 Å². The van der Waals surface area contributed by atoms with Gasteiger partial charge in [0.05, 0.1) is 12.2 Å². The van der Waals surface area contributed by atoms with Gasteiger partial charge in [0, 0.05) is 34.6 Å². The average Bonchev–Trinajstić information content (AvgIpc) is 3.30. The molecule has 0 radical (unpaired) electrons. The number of hydrogen-bond acceptors (Lipinski definition) is 5. The van der Waals surface area contributed by atoms with Gasteiger partial charge in [0.2, 0.25) is 0 Å². The molecule has 2 aliphatic heterocycles. The molecule has 1 atom stereocenters. The van der Waals surface area contributed by atoms with Gasteiger partial charge in [-0.25, -0.2) is 9.18 Å². The molecule has 5 rings (SSSR count). The molecule has 2 aromatic carbocycles. The van der Waals surface area contributed by atoms with Gasteiger partial charge in [-0.1, -0.05) is 6.07 Å². The number of rotatable bonds is 5. The number of benzene rings is 2. The molecule has 0 spiro atoms. The van der Waals surface area contributed by atoms with Crippen LogP contribution in [0.25, 0.3) is 11.1 Å². The lowest BCUT2D eigenvalue weighted by molar-refractivity contribution is -0.142. The average molecular weight is 451 g/mol. The van der Waals surface area contributed by atoms with E-state index >= 15 is 0 Å². The molecule has 1 fully saturated rings. The van der Waals surface area contributed by atoms with Crippen molar-refractivity contribution in [3.8, 4) is 22.6 Å². The molecule has 1 saturated heterocycles. The number of piperidine rings is 1. The summed E-state index contributed by atoms with van der Waals surface area (Å²) in [6, 6.07) is 10.2. The predicted octanol–water partition coefficient (Wildman–Crippen LogP) is 4.61. The fourth-order valence-corrected chi connectivity index (χ4v) is 4.63. The Morgan fingerprint density at radius 3 is 2.85 bits per heavy atom. The van der Waals surface area contributed by atoms with Crippen LogP contribution in [-0.2, 0) is 11.2 Å². The Balaban J connectivity index is 1.56. The second-order valence-corrected chi connectivity index (χ2v) is 8.98. The quantitative estimate of drug-likeness (QED) is 0.526. The number of ether oxygens (including phenoxy) is 1. The molecule has 0 amide bonds. The first-order valence-corrected chi connectivity index (χ1v) is 11.3. The second-order valence-electron chi connectivity index (χ2n) is 8.98. The van der Waals surface area contributed by atoms with Crippen LogP contribution in [0.3, 0.4) is 0 Å². The first-order valence-electron chi connectivity index (χ1n) is 11.3. The summed E-state index contributed by atoms with van der Waals surface area (Å²) >= 11 is 0. The number of halogens is 1. The normalized spacial score (nSPS) is 20.7. The highest BCUT2D eigenvalue weighted by Crippen LogP contribution is 2.44. The van der Waals surface area contributed by atoms with Crippen molar-refractivity contribution in [3.05, 3.63) is 60.2 Å². The predicted molar refractivity (Wildman–Crippen MR) is 123 cm³/mol. The molecular weight excluding hydrogens is 423 g/mol. The van der Waals surface area contributed by atoms with Crippen molar-refractivity contribution in [1.29, 1.82) is 0 Å². The number of anilines is 1. The molecular formula is C25H27FN4O3. The third-order valence-corrected chi connectivity index (χ3v) is 6.63. The lowest BCUT2D eigenvalue weighted by Crippen LogP contribution is -2.46. The second kappa shape index (κ2) is 8.51. The van der Waals surface area contributed by atoms with Crippen LogP contribution in [0.2, 0.25) is 0 Å². The van der Waals surface area contributed by atoms with E-state index in [1.165, 1.54) is 12.1 Å². The highest BCUT2D eigenvalue weighted by Gasteiger charge is 2.38. The van der Waals surface area contributed by atoms with E-state index < -0.39 is 11.5 Å². The molecule has 2 aliphatic rings. The van der Waals surface area contributed by atoms with Gasteiger partial charge in [0.15, 0.2) is 0 Å². The van der Waals surface area contributed by atoms with Crippen molar-refractivity contribution >= 4 is 11.7 Å². The Labute approximate surface area is 191 Å². The number of nitrogens with zero attached hydrogens (tertiary/aromatic N) is 2. The van der Waals surface area contributed by atoms with Gasteiger partial charge < -0.3 is 20.5 Å². The summed E-state index contributed by atoms with van der Waals surface area (Å²) < 4.78 is 22.1. The molecule has 7 nitrogen and oxygen atoms in total. The van der Waals surface area contributed by atoms with Crippen molar-refractivity contribution in [2.75, 3.05) is 18.4 Å². The van der Waals surface area contributed by atoms with Gasteiger partial charge in [-0.15, -0.1) is 0 Å². The van der Waals surface area contributed by atoms with Crippen LogP contribution in [0, 0.1) is 5.82 Å². The molecule has 33 heavy (non-hydrogen) atoms. The van der Waals surface area contributed by atoms with E-state index in [4.69, 9.17) is 4.74 Å². The van der Waals surface area contributed by atoms with Crippen LogP contribution in [0.1, 0.15) is 37.8 Å². The monoisotopic (exact) mass is 450 g/mol. The summed E-state index contributed by atoms with van der Waals surface area (Å²) in [5, 5.41) is 20.8. The highest BCUT2D eigenvalue weighted by atomic mass is 19.1. The SMILES string of the molecule is C[C@@]1(C(=O)O)CCc2c(ccc(-c3cnn(C4CCNCC4)c3)c2Oc2cccc(F)c2)N1. The van der Waals surface area contributed by atoms with E-state index in [1.54, 1.807) is 19.1 Å². The maximum absolute atomic E-state index is 13.9. The number of hydrogen-bond donors (Lipinski definition) is 3. The zero-order chi connectivity index (χ0) is 23.0.